The largest absolute Gasteiger partial charge is 0.497 e. The van der Waals surface area contributed by atoms with Crippen LogP contribution >= 0.6 is 0 Å². The number of hydrogen-bond acceptors (Lipinski definition) is 5. The van der Waals surface area contributed by atoms with Gasteiger partial charge in [0, 0.05) is 5.69 Å². The molecule has 0 bridgehead atoms. The summed E-state index contributed by atoms with van der Waals surface area (Å²) in [7, 11) is 1.58. The number of benzene rings is 2. The summed E-state index contributed by atoms with van der Waals surface area (Å²) in [6.45, 7) is 4.20. The van der Waals surface area contributed by atoms with Crippen molar-refractivity contribution in [3.8, 4) is 11.8 Å². The molecule has 0 fully saturated rings. The summed E-state index contributed by atoms with van der Waals surface area (Å²) in [4.78, 5) is 26.7. The number of nitrogens with one attached hydrogen (secondary N) is 2. The van der Waals surface area contributed by atoms with E-state index in [0.717, 1.165) is 0 Å². The SMILES string of the molecule is CCN(CC(=O)Nc1ccc(OC)cc1)[C@@H](C)C(=O)Nc1ccccc1C#N. The molecule has 0 saturated heterocycles. The van der Waals surface area contributed by atoms with Crippen molar-refractivity contribution >= 4 is 23.2 Å². The summed E-state index contributed by atoms with van der Waals surface area (Å²) in [5, 5.41) is 14.7. The van der Waals surface area contributed by atoms with E-state index >= 15 is 0 Å². The summed E-state index contributed by atoms with van der Waals surface area (Å²) >= 11 is 0. The molecule has 0 unspecified atom stereocenters. The molecule has 1 atom stereocenters. The zero-order valence-electron chi connectivity index (χ0n) is 16.2. The summed E-state index contributed by atoms with van der Waals surface area (Å²) in [6.07, 6.45) is 0. The summed E-state index contributed by atoms with van der Waals surface area (Å²) < 4.78 is 5.09. The number of ether oxygens (including phenoxy) is 1. The number of nitriles is 1. The minimum atomic E-state index is -0.543. The van der Waals surface area contributed by atoms with Crippen molar-refractivity contribution in [2.45, 2.75) is 19.9 Å². The number of methoxy groups -OCH3 is 1. The highest BCUT2D eigenvalue weighted by atomic mass is 16.5. The Bertz CT molecular complexity index is 859. The monoisotopic (exact) mass is 380 g/mol. The minimum absolute atomic E-state index is 0.0665. The van der Waals surface area contributed by atoms with E-state index in [9.17, 15) is 9.59 Å². The molecular weight excluding hydrogens is 356 g/mol. The lowest BCUT2D eigenvalue weighted by Crippen LogP contribution is -2.45. The lowest BCUT2D eigenvalue weighted by Gasteiger charge is -2.26. The first-order chi connectivity index (χ1) is 13.5. The van der Waals surface area contributed by atoms with Crippen LogP contribution in [0.25, 0.3) is 0 Å². The van der Waals surface area contributed by atoms with Gasteiger partial charge in [-0.1, -0.05) is 19.1 Å². The van der Waals surface area contributed by atoms with Gasteiger partial charge in [-0.2, -0.15) is 5.26 Å². The van der Waals surface area contributed by atoms with Gasteiger partial charge in [0.05, 0.1) is 30.9 Å². The molecule has 0 aromatic heterocycles. The molecule has 2 aromatic rings. The predicted octanol–water partition coefficient (Wildman–Crippen LogP) is 2.85. The molecule has 7 nitrogen and oxygen atoms in total. The Balaban J connectivity index is 1.97. The second kappa shape index (κ2) is 10.1. The van der Waals surface area contributed by atoms with Gasteiger partial charge in [-0.05, 0) is 49.9 Å². The first-order valence-electron chi connectivity index (χ1n) is 8.96. The Kier molecular flexibility index (Phi) is 7.55. The van der Waals surface area contributed by atoms with Crippen molar-refractivity contribution < 1.29 is 14.3 Å². The van der Waals surface area contributed by atoms with Gasteiger partial charge in [-0.25, -0.2) is 0 Å². The summed E-state index contributed by atoms with van der Waals surface area (Å²) in [6, 6.07) is 15.3. The maximum Gasteiger partial charge on any atom is 0.241 e. The summed E-state index contributed by atoms with van der Waals surface area (Å²) in [5.41, 5.74) is 1.51. The molecule has 2 N–H and O–H groups in total. The van der Waals surface area contributed by atoms with E-state index in [4.69, 9.17) is 10.00 Å². The number of rotatable bonds is 8. The van der Waals surface area contributed by atoms with Gasteiger partial charge >= 0.3 is 0 Å². The van der Waals surface area contributed by atoms with Gasteiger partial charge in [0.25, 0.3) is 0 Å². The van der Waals surface area contributed by atoms with Gasteiger partial charge < -0.3 is 15.4 Å². The van der Waals surface area contributed by atoms with Crippen LogP contribution in [-0.2, 0) is 9.59 Å². The van der Waals surface area contributed by atoms with Crippen LogP contribution < -0.4 is 15.4 Å². The Hall–Kier alpha value is -3.37. The normalized spacial score (nSPS) is 11.4. The molecule has 0 spiro atoms. The van der Waals surface area contributed by atoms with Crippen molar-refractivity contribution in [2.75, 3.05) is 30.8 Å². The zero-order chi connectivity index (χ0) is 20.5. The molecule has 0 aliphatic carbocycles. The Morgan fingerprint density at radius 1 is 1.14 bits per heavy atom. The van der Waals surface area contributed by atoms with Crippen molar-refractivity contribution in [1.82, 2.24) is 4.90 Å². The second-order valence-electron chi connectivity index (χ2n) is 6.16. The van der Waals surface area contributed by atoms with Crippen LogP contribution in [0.15, 0.2) is 48.5 Å². The van der Waals surface area contributed by atoms with Crippen LogP contribution in [0.5, 0.6) is 5.75 Å². The molecule has 0 aliphatic rings. The number of carbonyl (C=O) groups is 2. The van der Waals surface area contributed by atoms with Gasteiger partial charge in [0.2, 0.25) is 11.8 Å². The average Bonchev–Trinajstić information content (AvgIpc) is 2.72. The third-order valence-corrected chi connectivity index (χ3v) is 4.36. The van der Waals surface area contributed by atoms with Gasteiger partial charge in [-0.3, -0.25) is 14.5 Å². The number of carbonyl (C=O) groups excluding carboxylic acids is 2. The van der Waals surface area contributed by atoms with Crippen LogP contribution in [0, 0.1) is 11.3 Å². The molecule has 0 radical (unpaired) electrons. The molecule has 0 saturated carbocycles. The van der Waals surface area contributed by atoms with Gasteiger partial charge in [0.1, 0.15) is 11.8 Å². The Morgan fingerprint density at radius 2 is 1.82 bits per heavy atom. The van der Waals surface area contributed by atoms with Crippen LogP contribution in [0.1, 0.15) is 19.4 Å². The number of amides is 2. The number of anilines is 2. The van der Waals surface area contributed by atoms with E-state index in [1.54, 1.807) is 67.5 Å². The highest BCUT2D eigenvalue weighted by Gasteiger charge is 2.23. The minimum Gasteiger partial charge on any atom is -0.497 e. The fraction of sp³-hybridized carbons (Fsp3) is 0.286. The third-order valence-electron chi connectivity index (χ3n) is 4.36. The highest BCUT2D eigenvalue weighted by Crippen LogP contribution is 2.16. The lowest BCUT2D eigenvalue weighted by atomic mass is 10.1. The smallest absolute Gasteiger partial charge is 0.241 e. The number of nitrogens with zero attached hydrogens (tertiary/aromatic N) is 2. The molecule has 2 aromatic carbocycles. The molecule has 0 aliphatic heterocycles. The molecular formula is C21H24N4O3. The van der Waals surface area contributed by atoms with Crippen LogP contribution in [0.3, 0.4) is 0 Å². The highest BCUT2D eigenvalue weighted by molar-refractivity contribution is 5.97. The maximum absolute atomic E-state index is 12.6. The number of hydrogen-bond donors (Lipinski definition) is 2. The van der Waals surface area contributed by atoms with Crippen molar-refractivity contribution in [1.29, 1.82) is 5.26 Å². The third kappa shape index (κ3) is 5.56. The van der Waals surface area contributed by atoms with Crippen LogP contribution in [0.2, 0.25) is 0 Å². The molecule has 7 heteroatoms. The molecule has 146 valence electrons. The van der Waals surface area contributed by atoms with Crippen molar-refractivity contribution in [3.05, 3.63) is 54.1 Å². The first kappa shape index (κ1) is 20.9. The van der Waals surface area contributed by atoms with E-state index in [-0.39, 0.29) is 18.4 Å². The second-order valence-corrected chi connectivity index (χ2v) is 6.16. The molecule has 28 heavy (non-hydrogen) atoms. The van der Waals surface area contributed by atoms with Gasteiger partial charge in [0.15, 0.2) is 0 Å². The van der Waals surface area contributed by atoms with E-state index in [1.165, 1.54) is 0 Å². The molecule has 2 rings (SSSR count). The topological polar surface area (TPSA) is 94.5 Å². The van der Waals surface area contributed by atoms with Crippen molar-refractivity contribution in [3.63, 3.8) is 0 Å². The maximum atomic E-state index is 12.6. The standard InChI is InChI=1S/C21H24N4O3/c1-4-25(14-20(26)23-17-9-11-18(28-3)12-10-17)15(2)21(27)24-19-8-6-5-7-16(19)13-22/h5-12,15H,4,14H2,1-3H3,(H,23,26)(H,24,27)/t15-/m0/s1. The Morgan fingerprint density at radius 3 is 2.43 bits per heavy atom. The lowest BCUT2D eigenvalue weighted by molar-refractivity contribution is -0.123. The predicted molar refractivity (Wildman–Crippen MR) is 108 cm³/mol. The fourth-order valence-electron chi connectivity index (χ4n) is 2.67. The van der Waals surface area contributed by atoms with Gasteiger partial charge in [-0.15, -0.1) is 0 Å². The van der Waals surface area contributed by atoms with E-state index < -0.39 is 6.04 Å². The number of para-hydroxylation sites is 1. The molecule has 2 amide bonds. The average molecular weight is 380 g/mol. The Labute approximate surface area is 164 Å². The molecule has 0 heterocycles. The van der Waals surface area contributed by atoms with E-state index in [0.29, 0.717) is 29.2 Å². The number of likely N-dealkylation sites (N-methyl/N-ethyl adjacent to an activating group) is 1. The van der Waals surface area contributed by atoms with Crippen molar-refractivity contribution in [2.24, 2.45) is 0 Å². The summed E-state index contributed by atoms with van der Waals surface area (Å²) in [5.74, 6) is 0.210. The fourth-order valence-corrected chi connectivity index (χ4v) is 2.67. The van der Waals surface area contributed by atoms with Crippen LogP contribution in [0.4, 0.5) is 11.4 Å². The van der Waals surface area contributed by atoms with Crippen LogP contribution in [-0.4, -0.2) is 43.0 Å². The first-order valence-corrected chi connectivity index (χ1v) is 8.96. The quantitative estimate of drug-likeness (QED) is 0.734. The van der Waals surface area contributed by atoms with E-state index in [2.05, 4.69) is 10.6 Å². The zero-order valence-corrected chi connectivity index (χ0v) is 16.2. The van der Waals surface area contributed by atoms with E-state index in [1.807, 2.05) is 13.0 Å².